The Morgan fingerprint density at radius 1 is 1.05 bits per heavy atom. The topological polar surface area (TPSA) is 32.7 Å². The summed E-state index contributed by atoms with van der Waals surface area (Å²) >= 11 is 0. The van der Waals surface area contributed by atoms with E-state index in [1.807, 2.05) is 41.4 Å². The third-order valence-corrected chi connectivity index (χ3v) is 4.66. The van der Waals surface area contributed by atoms with Gasteiger partial charge in [-0.15, -0.1) is 0 Å². The molecule has 3 heteroatoms. The first-order valence-electron chi connectivity index (χ1n) is 7.79. The number of benzene rings is 2. The molecule has 1 amide bonds. The van der Waals surface area contributed by atoms with Crippen molar-refractivity contribution in [1.82, 2.24) is 4.90 Å². The highest BCUT2D eigenvalue weighted by atomic mass is 16.2. The minimum absolute atomic E-state index is 0.222. The Balaban J connectivity index is 1.61. The predicted octanol–water partition coefficient (Wildman–Crippen LogP) is 3.68. The molecular weight excluding hydrogens is 272 g/mol. The van der Waals surface area contributed by atoms with Gasteiger partial charge in [0.1, 0.15) is 0 Å². The van der Waals surface area contributed by atoms with Crippen LogP contribution in [0.1, 0.15) is 29.9 Å². The molecule has 110 valence electrons. The van der Waals surface area contributed by atoms with E-state index in [0.29, 0.717) is 13.0 Å². The van der Waals surface area contributed by atoms with E-state index in [4.69, 9.17) is 0 Å². The van der Waals surface area contributed by atoms with E-state index < -0.39 is 0 Å². The average molecular weight is 290 g/mol. The number of likely N-dealkylation sites (tertiary alicyclic amines) is 1. The zero-order valence-electron chi connectivity index (χ0n) is 12.4. The van der Waals surface area contributed by atoms with Crippen LogP contribution in [0, 0.1) is 0 Å². The molecule has 2 unspecified atom stereocenters. The summed E-state index contributed by atoms with van der Waals surface area (Å²) in [6.07, 6.45) is 3.58. The van der Waals surface area contributed by atoms with Crippen molar-refractivity contribution in [3.05, 3.63) is 65.7 Å². The number of fused-ring (bicyclic) bond motifs is 1. The van der Waals surface area contributed by atoms with Crippen LogP contribution in [0.2, 0.25) is 0 Å². The Morgan fingerprint density at radius 2 is 1.82 bits per heavy atom. The molecule has 2 atom stereocenters. The van der Waals surface area contributed by atoms with Gasteiger partial charge >= 0.3 is 0 Å². The van der Waals surface area contributed by atoms with Crippen LogP contribution in [-0.2, 0) is 11.3 Å². The molecule has 1 saturated heterocycles. The van der Waals surface area contributed by atoms with Gasteiger partial charge in [-0.1, -0.05) is 48.5 Å². The summed E-state index contributed by atoms with van der Waals surface area (Å²) in [4.78, 5) is 18.9. The Morgan fingerprint density at radius 3 is 2.68 bits per heavy atom. The maximum Gasteiger partial charge on any atom is 0.223 e. The van der Waals surface area contributed by atoms with E-state index in [2.05, 4.69) is 29.3 Å². The lowest BCUT2D eigenvalue weighted by molar-refractivity contribution is -0.129. The van der Waals surface area contributed by atoms with Gasteiger partial charge in [-0.05, 0) is 23.6 Å². The van der Waals surface area contributed by atoms with Crippen molar-refractivity contribution in [2.24, 2.45) is 4.99 Å². The van der Waals surface area contributed by atoms with Crippen molar-refractivity contribution >= 4 is 17.8 Å². The van der Waals surface area contributed by atoms with Crippen LogP contribution < -0.4 is 0 Å². The molecule has 4 rings (SSSR count). The van der Waals surface area contributed by atoms with Gasteiger partial charge in [0.25, 0.3) is 0 Å². The van der Waals surface area contributed by atoms with Gasteiger partial charge in [-0.2, -0.15) is 0 Å². The third-order valence-electron chi connectivity index (χ3n) is 4.66. The van der Waals surface area contributed by atoms with E-state index in [9.17, 15) is 4.79 Å². The number of carbonyl (C=O) groups excluding carboxylic acids is 1. The van der Waals surface area contributed by atoms with E-state index in [-0.39, 0.29) is 17.9 Å². The van der Waals surface area contributed by atoms with Crippen LogP contribution in [0.3, 0.4) is 0 Å². The summed E-state index contributed by atoms with van der Waals surface area (Å²) in [5.41, 5.74) is 3.48. The zero-order chi connectivity index (χ0) is 14.9. The van der Waals surface area contributed by atoms with E-state index in [1.165, 1.54) is 11.1 Å². The molecule has 0 bridgehead atoms. The van der Waals surface area contributed by atoms with Crippen LogP contribution in [0.15, 0.2) is 59.6 Å². The molecule has 2 aromatic rings. The van der Waals surface area contributed by atoms with Gasteiger partial charge < -0.3 is 4.90 Å². The predicted molar refractivity (Wildman–Crippen MR) is 87.3 cm³/mol. The quantitative estimate of drug-likeness (QED) is 0.848. The fourth-order valence-corrected chi connectivity index (χ4v) is 3.55. The van der Waals surface area contributed by atoms with Gasteiger partial charge in [0.2, 0.25) is 5.91 Å². The van der Waals surface area contributed by atoms with Crippen molar-refractivity contribution in [3.63, 3.8) is 0 Å². The summed E-state index contributed by atoms with van der Waals surface area (Å²) in [5.74, 6) is 0.484. The van der Waals surface area contributed by atoms with Crippen molar-refractivity contribution < 1.29 is 4.79 Å². The largest absolute Gasteiger partial charge is 0.334 e. The molecule has 0 spiro atoms. The van der Waals surface area contributed by atoms with Gasteiger partial charge in [-0.25, -0.2) is 0 Å². The Kier molecular flexibility index (Phi) is 3.26. The smallest absolute Gasteiger partial charge is 0.223 e. The second-order valence-electron chi connectivity index (χ2n) is 5.98. The van der Waals surface area contributed by atoms with Gasteiger partial charge in [0, 0.05) is 31.1 Å². The molecule has 0 aliphatic carbocycles. The molecule has 2 heterocycles. The minimum Gasteiger partial charge on any atom is -0.334 e. The summed E-state index contributed by atoms with van der Waals surface area (Å²) in [6, 6.07) is 18.7. The number of hydrogen-bond donors (Lipinski definition) is 0. The lowest BCUT2D eigenvalue weighted by Crippen LogP contribution is -2.36. The summed E-state index contributed by atoms with van der Waals surface area (Å²) in [7, 11) is 0. The highest BCUT2D eigenvalue weighted by Gasteiger charge is 2.38. The maximum atomic E-state index is 12.3. The number of carbonyl (C=O) groups is 1. The summed E-state index contributed by atoms with van der Waals surface area (Å²) in [5, 5.41) is 0. The van der Waals surface area contributed by atoms with Crippen molar-refractivity contribution in [3.8, 4) is 0 Å². The molecule has 0 aromatic heterocycles. The molecule has 0 radical (unpaired) electrons. The molecule has 22 heavy (non-hydrogen) atoms. The van der Waals surface area contributed by atoms with Gasteiger partial charge in [0.05, 0.1) is 5.69 Å². The van der Waals surface area contributed by atoms with Crippen molar-refractivity contribution in [1.29, 1.82) is 0 Å². The normalized spacial score (nSPS) is 23.1. The lowest BCUT2D eigenvalue weighted by atomic mass is 9.91. The zero-order valence-corrected chi connectivity index (χ0v) is 12.4. The average Bonchev–Trinajstić information content (AvgIpc) is 3.13. The van der Waals surface area contributed by atoms with Crippen molar-refractivity contribution in [2.45, 2.75) is 31.3 Å². The number of nitrogens with zero attached hydrogens (tertiary/aromatic N) is 2. The standard InChI is InChI=1S/C19H18N2O/c22-19-11-10-18(21(19)13-14-6-2-1-3-7-14)16-12-20-17-9-5-4-8-15(16)17/h1-9,12,16,18H,10-11,13H2. The van der Waals surface area contributed by atoms with E-state index in [1.54, 1.807) is 0 Å². The first-order valence-corrected chi connectivity index (χ1v) is 7.79. The third kappa shape index (κ3) is 2.23. The Labute approximate surface area is 130 Å². The number of para-hydroxylation sites is 1. The molecular formula is C19H18N2O. The van der Waals surface area contributed by atoms with Crippen LogP contribution >= 0.6 is 0 Å². The fraction of sp³-hybridized carbons (Fsp3) is 0.263. The molecule has 0 saturated carbocycles. The van der Waals surface area contributed by atoms with Gasteiger partial charge in [0.15, 0.2) is 0 Å². The van der Waals surface area contributed by atoms with Crippen LogP contribution in [0.5, 0.6) is 0 Å². The Bertz CT molecular complexity index is 723. The molecule has 2 aliphatic heterocycles. The van der Waals surface area contributed by atoms with Crippen LogP contribution in [0.25, 0.3) is 0 Å². The monoisotopic (exact) mass is 290 g/mol. The van der Waals surface area contributed by atoms with Crippen LogP contribution in [-0.4, -0.2) is 23.1 Å². The number of rotatable bonds is 3. The lowest BCUT2D eigenvalue weighted by Gasteiger charge is -2.29. The molecule has 2 aromatic carbocycles. The highest BCUT2D eigenvalue weighted by Crippen LogP contribution is 2.39. The van der Waals surface area contributed by atoms with Gasteiger partial charge in [-0.3, -0.25) is 9.79 Å². The first kappa shape index (κ1) is 13.3. The van der Waals surface area contributed by atoms with E-state index in [0.717, 1.165) is 12.1 Å². The summed E-state index contributed by atoms with van der Waals surface area (Å²) in [6.45, 7) is 0.691. The van der Waals surface area contributed by atoms with Crippen molar-refractivity contribution in [2.75, 3.05) is 0 Å². The SMILES string of the molecule is O=C1CCC(C2C=Nc3ccccc32)N1Cc1ccccc1. The fourth-order valence-electron chi connectivity index (χ4n) is 3.55. The van der Waals surface area contributed by atoms with E-state index >= 15 is 0 Å². The molecule has 1 fully saturated rings. The summed E-state index contributed by atoms with van der Waals surface area (Å²) < 4.78 is 0. The first-order chi connectivity index (χ1) is 10.8. The maximum absolute atomic E-state index is 12.3. The highest BCUT2D eigenvalue weighted by molar-refractivity contribution is 5.85. The molecule has 2 aliphatic rings. The molecule has 0 N–H and O–H groups in total. The second kappa shape index (κ2) is 5.41. The Hall–Kier alpha value is -2.42. The number of aliphatic imine (C=N–C) groups is 1. The molecule has 3 nitrogen and oxygen atoms in total. The number of amides is 1. The number of hydrogen-bond acceptors (Lipinski definition) is 2. The second-order valence-corrected chi connectivity index (χ2v) is 5.98. The van der Waals surface area contributed by atoms with Crippen LogP contribution in [0.4, 0.5) is 5.69 Å². The minimum atomic E-state index is 0.222.